The summed E-state index contributed by atoms with van der Waals surface area (Å²) < 4.78 is 5.33. The van der Waals surface area contributed by atoms with E-state index in [9.17, 15) is 9.90 Å². The van der Waals surface area contributed by atoms with Crippen molar-refractivity contribution in [1.82, 2.24) is 9.97 Å². The topological polar surface area (TPSA) is 75.2 Å². The molecular weight excluding hydrogens is 280 g/mol. The number of phenols is 1. The molecule has 1 aromatic heterocycles. The molecule has 0 aliphatic heterocycles. The number of benzene rings is 2. The van der Waals surface area contributed by atoms with Crippen molar-refractivity contribution in [3.05, 3.63) is 51.8 Å². The summed E-state index contributed by atoms with van der Waals surface area (Å²) in [4.78, 5) is 19.4. The van der Waals surface area contributed by atoms with Crippen LogP contribution in [0, 0.1) is 13.8 Å². The fraction of sp³-hybridized carbons (Fsp3) is 0.176. The van der Waals surface area contributed by atoms with Crippen LogP contribution in [0.5, 0.6) is 11.5 Å². The summed E-state index contributed by atoms with van der Waals surface area (Å²) in [5.74, 6) is 1.07. The molecule has 2 N–H and O–H groups in total. The largest absolute Gasteiger partial charge is 0.507 e. The second-order valence-electron chi connectivity index (χ2n) is 5.18. The molecule has 0 fully saturated rings. The zero-order valence-electron chi connectivity index (χ0n) is 12.6. The van der Waals surface area contributed by atoms with Crippen LogP contribution in [0.1, 0.15) is 11.1 Å². The number of ether oxygens (including phenoxy) is 1. The van der Waals surface area contributed by atoms with Gasteiger partial charge in [-0.25, -0.2) is 4.98 Å². The number of methoxy groups -OCH3 is 1. The van der Waals surface area contributed by atoms with E-state index in [4.69, 9.17) is 4.74 Å². The van der Waals surface area contributed by atoms with Gasteiger partial charge in [0.2, 0.25) is 0 Å². The summed E-state index contributed by atoms with van der Waals surface area (Å²) in [5, 5.41) is 10.9. The van der Waals surface area contributed by atoms with E-state index in [1.54, 1.807) is 38.3 Å². The molecule has 0 unspecified atom stereocenters. The summed E-state index contributed by atoms with van der Waals surface area (Å²) in [6.07, 6.45) is 0. The molecule has 0 radical (unpaired) electrons. The smallest absolute Gasteiger partial charge is 0.259 e. The molecule has 5 nitrogen and oxygen atoms in total. The molecule has 0 aliphatic rings. The number of aryl methyl sites for hydroxylation is 1. The van der Waals surface area contributed by atoms with Crippen molar-refractivity contribution >= 4 is 10.9 Å². The van der Waals surface area contributed by atoms with Crippen LogP contribution >= 0.6 is 0 Å². The minimum absolute atomic E-state index is 0.0942. The predicted molar refractivity (Wildman–Crippen MR) is 85.5 cm³/mol. The van der Waals surface area contributed by atoms with E-state index >= 15 is 0 Å². The minimum Gasteiger partial charge on any atom is -0.507 e. The molecule has 3 rings (SSSR count). The zero-order chi connectivity index (χ0) is 15.9. The highest BCUT2D eigenvalue weighted by atomic mass is 16.5. The Morgan fingerprint density at radius 3 is 2.68 bits per heavy atom. The van der Waals surface area contributed by atoms with Gasteiger partial charge in [-0.05, 0) is 37.6 Å². The Morgan fingerprint density at radius 1 is 1.23 bits per heavy atom. The van der Waals surface area contributed by atoms with Gasteiger partial charge < -0.3 is 14.8 Å². The second-order valence-corrected chi connectivity index (χ2v) is 5.18. The molecule has 0 bridgehead atoms. The van der Waals surface area contributed by atoms with Crippen molar-refractivity contribution in [2.75, 3.05) is 7.11 Å². The molecule has 112 valence electrons. The summed E-state index contributed by atoms with van der Waals surface area (Å²) >= 11 is 0. The Balaban J connectivity index is 2.37. The number of para-hydroxylation sites is 1. The molecule has 0 saturated heterocycles. The van der Waals surface area contributed by atoms with Crippen LogP contribution in [-0.4, -0.2) is 22.2 Å². The first-order valence-electron chi connectivity index (χ1n) is 6.89. The van der Waals surface area contributed by atoms with Crippen LogP contribution in [0.25, 0.3) is 22.3 Å². The number of aromatic hydroxyl groups is 1. The molecule has 1 heterocycles. The Bertz CT molecular complexity index is 929. The third kappa shape index (κ3) is 2.11. The lowest BCUT2D eigenvalue weighted by Crippen LogP contribution is -2.10. The number of aromatic amines is 1. The highest BCUT2D eigenvalue weighted by Crippen LogP contribution is 2.38. The normalized spacial score (nSPS) is 10.9. The third-order valence-electron chi connectivity index (χ3n) is 3.77. The number of H-pyrrole nitrogens is 1. The van der Waals surface area contributed by atoms with E-state index < -0.39 is 0 Å². The number of hydrogen-bond donors (Lipinski definition) is 2. The fourth-order valence-corrected chi connectivity index (χ4v) is 2.58. The summed E-state index contributed by atoms with van der Waals surface area (Å²) in [6.45, 7) is 3.60. The van der Waals surface area contributed by atoms with Gasteiger partial charge in [0.15, 0.2) is 0 Å². The molecular formula is C17H16N2O3. The first-order chi connectivity index (χ1) is 10.5. The quantitative estimate of drug-likeness (QED) is 0.762. The minimum atomic E-state index is -0.236. The van der Waals surface area contributed by atoms with Crippen molar-refractivity contribution in [2.45, 2.75) is 13.8 Å². The van der Waals surface area contributed by atoms with Gasteiger partial charge in [-0.1, -0.05) is 12.1 Å². The number of nitrogens with zero attached hydrogens (tertiary/aromatic N) is 1. The highest BCUT2D eigenvalue weighted by molar-refractivity contribution is 5.81. The maximum Gasteiger partial charge on any atom is 0.259 e. The Morgan fingerprint density at radius 2 is 1.95 bits per heavy atom. The van der Waals surface area contributed by atoms with Crippen molar-refractivity contribution in [3.63, 3.8) is 0 Å². The Kier molecular flexibility index (Phi) is 3.33. The fourth-order valence-electron chi connectivity index (χ4n) is 2.58. The number of hydrogen-bond acceptors (Lipinski definition) is 4. The Labute approximate surface area is 127 Å². The molecule has 0 aliphatic carbocycles. The number of fused-ring (bicyclic) bond motifs is 1. The molecule has 5 heteroatoms. The molecule has 0 spiro atoms. The van der Waals surface area contributed by atoms with Crippen LogP contribution in [-0.2, 0) is 0 Å². The summed E-state index contributed by atoms with van der Waals surface area (Å²) in [5.41, 5.74) is 2.22. The van der Waals surface area contributed by atoms with E-state index in [2.05, 4.69) is 9.97 Å². The monoisotopic (exact) mass is 296 g/mol. The zero-order valence-corrected chi connectivity index (χ0v) is 12.6. The average molecular weight is 296 g/mol. The van der Waals surface area contributed by atoms with Gasteiger partial charge in [0.1, 0.15) is 17.3 Å². The highest BCUT2D eigenvalue weighted by Gasteiger charge is 2.18. The van der Waals surface area contributed by atoms with E-state index in [0.29, 0.717) is 33.6 Å². The third-order valence-corrected chi connectivity index (χ3v) is 3.77. The first kappa shape index (κ1) is 14.1. The van der Waals surface area contributed by atoms with Crippen molar-refractivity contribution in [2.24, 2.45) is 0 Å². The SMILES string of the molecule is COc1cc(C)c(O)c(-c2nc3ccccc3c(=O)[nH]2)c1C. The predicted octanol–water partition coefficient (Wildman–Crippen LogP) is 2.92. The standard InChI is InChI=1S/C17H16N2O3/c1-9-8-13(22-3)10(2)14(15(9)20)16-18-12-7-5-4-6-11(12)17(21)19-16/h4-8,20H,1-3H3,(H,18,19,21). The van der Waals surface area contributed by atoms with Gasteiger partial charge in [0.25, 0.3) is 5.56 Å². The number of nitrogens with one attached hydrogen (secondary N) is 1. The van der Waals surface area contributed by atoms with E-state index in [-0.39, 0.29) is 11.3 Å². The van der Waals surface area contributed by atoms with Gasteiger partial charge in [-0.2, -0.15) is 0 Å². The molecule has 2 aromatic carbocycles. The average Bonchev–Trinajstić information content (AvgIpc) is 2.51. The summed E-state index contributed by atoms with van der Waals surface area (Å²) in [7, 11) is 1.57. The molecule has 0 saturated carbocycles. The van der Waals surface area contributed by atoms with Gasteiger partial charge in [-0.3, -0.25) is 4.79 Å². The van der Waals surface area contributed by atoms with Gasteiger partial charge >= 0.3 is 0 Å². The van der Waals surface area contributed by atoms with Gasteiger partial charge in [0.05, 0.1) is 23.6 Å². The maximum atomic E-state index is 12.2. The van der Waals surface area contributed by atoms with Crippen LogP contribution in [0.15, 0.2) is 35.1 Å². The Hall–Kier alpha value is -2.82. The van der Waals surface area contributed by atoms with E-state index in [1.807, 2.05) is 13.0 Å². The molecule has 0 atom stereocenters. The lowest BCUT2D eigenvalue weighted by Gasteiger charge is -2.14. The maximum absolute atomic E-state index is 12.2. The molecule has 3 aromatic rings. The van der Waals surface area contributed by atoms with Crippen LogP contribution in [0.2, 0.25) is 0 Å². The van der Waals surface area contributed by atoms with Crippen molar-refractivity contribution in [1.29, 1.82) is 0 Å². The first-order valence-corrected chi connectivity index (χ1v) is 6.89. The lowest BCUT2D eigenvalue weighted by molar-refractivity contribution is 0.408. The van der Waals surface area contributed by atoms with Gasteiger partial charge in [0, 0.05) is 5.56 Å². The van der Waals surface area contributed by atoms with Crippen LogP contribution in [0.3, 0.4) is 0 Å². The van der Waals surface area contributed by atoms with Crippen molar-refractivity contribution in [3.8, 4) is 22.9 Å². The molecule has 0 amide bonds. The van der Waals surface area contributed by atoms with Crippen molar-refractivity contribution < 1.29 is 9.84 Å². The number of rotatable bonds is 2. The van der Waals surface area contributed by atoms with Crippen LogP contribution in [0.4, 0.5) is 0 Å². The summed E-state index contributed by atoms with van der Waals surface area (Å²) in [6, 6.07) is 8.86. The van der Waals surface area contributed by atoms with Gasteiger partial charge in [-0.15, -0.1) is 0 Å². The number of phenolic OH excluding ortho intramolecular Hbond substituents is 1. The van der Waals surface area contributed by atoms with E-state index in [1.165, 1.54) is 0 Å². The molecule has 22 heavy (non-hydrogen) atoms. The lowest BCUT2D eigenvalue weighted by atomic mass is 10.0. The second kappa shape index (κ2) is 5.18. The van der Waals surface area contributed by atoms with Crippen LogP contribution < -0.4 is 10.3 Å². The number of aromatic nitrogens is 2. The van der Waals surface area contributed by atoms with E-state index in [0.717, 1.165) is 5.56 Å².